The van der Waals surface area contributed by atoms with Crippen molar-refractivity contribution in [3.63, 3.8) is 0 Å². The van der Waals surface area contributed by atoms with Crippen LogP contribution < -0.4 is 10.6 Å². The molecule has 0 aliphatic rings. The van der Waals surface area contributed by atoms with Crippen LogP contribution in [-0.2, 0) is 0 Å². The zero-order valence-electron chi connectivity index (χ0n) is 9.85. The van der Waals surface area contributed by atoms with Gasteiger partial charge < -0.3 is 10.6 Å². The van der Waals surface area contributed by atoms with Crippen LogP contribution in [0.2, 0.25) is 5.02 Å². The highest BCUT2D eigenvalue weighted by atomic mass is 35.5. The molecule has 0 saturated carbocycles. The van der Waals surface area contributed by atoms with E-state index < -0.39 is 0 Å². The van der Waals surface area contributed by atoms with Crippen LogP contribution in [0.5, 0.6) is 0 Å². The first-order valence-electron chi connectivity index (χ1n) is 5.40. The van der Waals surface area contributed by atoms with Crippen LogP contribution in [0, 0.1) is 5.82 Å². The quantitative estimate of drug-likeness (QED) is 0.832. The van der Waals surface area contributed by atoms with Crippen LogP contribution >= 0.6 is 11.6 Å². The van der Waals surface area contributed by atoms with E-state index in [1.165, 1.54) is 6.07 Å². The van der Waals surface area contributed by atoms with Gasteiger partial charge in [-0.05, 0) is 25.2 Å². The molecule has 1 unspecified atom stereocenters. The number of halogens is 2. The fourth-order valence-electron chi connectivity index (χ4n) is 1.50. The molecule has 0 aliphatic carbocycles. The second-order valence-electron chi connectivity index (χ2n) is 4.07. The topological polar surface area (TPSA) is 24.1 Å². The largest absolute Gasteiger partial charge is 0.313 e. The smallest absolute Gasteiger partial charge is 0.128 e. The summed E-state index contributed by atoms with van der Waals surface area (Å²) in [7, 11) is 1.81. The number of rotatable bonds is 5. The molecule has 0 fully saturated rings. The number of hydrogen-bond acceptors (Lipinski definition) is 2. The maximum Gasteiger partial charge on any atom is 0.128 e. The normalized spacial score (nSPS) is 13.1. The minimum Gasteiger partial charge on any atom is -0.313 e. The monoisotopic (exact) mass is 244 g/mol. The van der Waals surface area contributed by atoms with E-state index in [4.69, 9.17) is 11.6 Å². The summed E-state index contributed by atoms with van der Waals surface area (Å²) in [5.74, 6) is -0.227. The van der Waals surface area contributed by atoms with Crippen molar-refractivity contribution in [3.05, 3.63) is 34.6 Å². The molecular formula is C12H18ClFN2. The zero-order valence-corrected chi connectivity index (χ0v) is 10.6. The molecule has 0 saturated heterocycles. The number of likely N-dealkylation sites (N-methyl/N-ethyl adjacent to an activating group) is 1. The Bertz CT molecular complexity index is 342. The second kappa shape index (κ2) is 6.18. The molecular weight excluding hydrogens is 227 g/mol. The van der Waals surface area contributed by atoms with Gasteiger partial charge in [-0.15, -0.1) is 0 Å². The van der Waals surface area contributed by atoms with Gasteiger partial charge in [-0.25, -0.2) is 4.39 Å². The fourth-order valence-corrected chi connectivity index (χ4v) is 1.68. The van der Waals surface area contributed by atoms with E-state index >= 15 is 0 Å². The molecule has 2 N–H and O–H groups in total. The van der Waals surface area contributed by atoms with E-state index in [2.05, 4.69) is 24.5 Å². The Morgan fingerprint density at radius 2 is 2.06 bits per heavy atom. The highest BCUT2D eigenvalue weighted by Crippen LogP contribution is 2.20. The van der Waals surface area contributed by atoms with Gasteiger partial charge in [0.1, 0.15) is 5.82 Å². The number of benzene rings is 1. The Morgan fingerprint density at radius 3 is 2.62 bits per heavy atom. The summed E-state index contributed by atoms with van der Waals surface area (Å²) in [6.07, 6.45) is 0. The average Bonchev–Trinajstić information content (AvgIpc) is 2.23. The predicted molar refractivity (Wildman–Crippen MR) is 66.3 cm³/mol. The molecule has 1 atom stereocenters. The van der Waals surface area contributed by atoms with Gasteiger partial charge in [-0.2, -0.15) is 0 Å². The third kappa shape index (κ3) is 3.74. The lowest BCUT2D eigenvalue weighted by Crippen LogP contribution is -2.33. The van der Waals surface area contributed by atoms with Crippen LogP contribution in [0.1, 0.15) is 25.5 Å². The molecule has 4 heteroatoms. The fraction of sp³-hybridized carbons (Fsp3) is 0.500. The summed E-state index contributed by atoms with van der Waals surface area (Å²) < 4.78 is 13.6. The van der Waals surface area contributed by atoms with Crippen LogP contribution in [0.25, 0.3) is 0 Å². The van der Waals surface area contributed by atoms with Gasteiger partial charge in [-0.1, -0.05) is 25.4 Å². The minimum atomic E-state index is -0.227. The molecule has 90 valence electrons. The van der Waals surface area contributed by atoms with Gasteiger partial charge in [0.2, 0.25) is 0 Å². The first kappa shape index (κ1) is 13.4. The van der Waals surface area contributed by atoms with Crippen LogP contribution in [0.3, 0.4) is 0 Å². The molecule has 1 aromatic carbocycles. The van der Waals surface area contributed by atoms with Crippen molar-refractivity contribution in [1.29, 1.82) is 0 Å². The first-order valence-corrected chi connectivity index (χ1v) is 5.78. The summed E-state index contributed by atoms with van der Waals surface area (Å²) in [6.45, 7) is 4.79. The molecule has 0 radical (unpaired) electrons. The van der Waals surface area contributed by atoms with Crippen molar-refractivity contribution in [2.75, 3.05) is 13.6 Å². The summed E-state index contributed by atoms with van der Waals surface area (Å²) in [5, 5.41) is 6.91. The highest BCUT2D eigenvalue weighted by molar-refractivity contribution is 6.30. The zero-order chi connectivity index (χ0) is 12.1. The van der Waals surface area contributed by atoms with Gasteiger partial charge in [-0.3, -0.25) is 0 Å². The standard InChI is InChI=1S/C12H18ClFN2/c1-8(2)16-7-12(15-3)10-6-9(13)4-5-11(10)14/h4-6,8,12,15-16H,7H2,1-3H3. The Hall–Kier alpha value is -0.640. The van der Waals surface area contributed by atoms with Crippen LogP contribution in [-0.4, -0.2) is 19.6 Å². The van der Waals surface area contributed by atoms with Crippen LogP contribution in [0.4, 0.5) is 4.39 Å². The van der Waals surface area contributed by atoms with Gasteiger partial charge in [0.25, 0.3) is 0 Å². The van der Waals surface area contributed by atoms with E-state index in [-0.39, 0.29) is 11.9 Å². The molecule has 0 amide bonds. The Balaban J connectivity index is 2.81. The molecule has 1 rings (SSSR count). The molecule has 0 heterocycles. The Kier molecular flexibility index (Phi) is 5.19. The van der Waals surface area contributed by atoms with Crippen molar-refractivity contribution in [3.8, 4) is 0 Å². The molecule has 0 bridgehead atoms. The Morgan fingerprint density at radius 1 is 1.38 bits per heavy atom. The summed E-state index contributed by atoms with van der Waals surface area (Å²) in [5.41, 5.74) is 0.600. The van der Waals surface area contributed by atoms with E-state index in [1.807, 2.05) is 7.05 Å². The third-order valence-corrected chi connectivity index (χ3v) is 2.65. The summed E-state index contributed by atoms with van der Waals surface area (Å²) >= 11 is 5.87. The summed E-state index contributed by atoms with van der Waals surface area (Å²) in [4.78, 5) is 0. The lowest BCUT2D eigenvalue weighted by Gasteiger charge is -2.19. The number of hydrogen-bond donors (Lipinski definition) is 2. The summed E-state index contributed by atoms with van der Waals surface area (Å²) in [6, 6.07) is 4.93. The van der Waals surface area contributed by atoms with E-state index in [9.17, 15) is 4.39 Å². The molecule has 0 aromatic heterocycles. The van der Waals surface area contributed by atoms with E-state index in [0.717, 1.165) is 0 Å². The predicted octanol–water partition coefficient (Wildman–Crippen LogP) is 2.74. The van der Waals surface area contributed by atoms with Crippen molar-refractivity contribution in [1.82, 2.24) is 10.6 Å². The van der Waals surface area contributed by atoms with Gasteiger partial charge in [0.15, 0.2) is 0 Å². The average molecular weight is 245 g/mol. The van der Waals surface area contributed by atoms with Crippen molar-refractivity contribution in [2.24, 2.45) is 0 Å². The first-order chi connectivity index (χ1) is 7.54. The van der Waals surface area contributed by atoms with Crippen molar-refractivity contribution in [2.45, 2.75) is 25.9 Å². The van der Waals surface area contributed by atoms with Gasteiger partial charge in [0, 0.05) is 29.2 Å². The Labute approximate surface area is 101 Å². The highest BCUT2D eigenvalue weighted by Gasteiger charge is 2.14. The van der Waals surface area contributed by atoms with Crippen molar-refractivity contribution < 1.29 is 4.39 Å². The number of nitrogens with one attached hydrogen (secondary N) is 2. The molecule has 0 spiro atoms. The maximum absolute atomic E-state index is 13.6. The van der Waals surface area contributed by atoms with Crippen molar-refractivity contribution >= 4 is 11.6 Å². The second-order valence-corrected chi connectivity index (χ2v) is 4.51. The maximum atomic E-state index is 13.6. The van der Waals surface area contributed by atoms with Crippen LogP contribution in [0.15, 0.2) is 18.2 Å². The van der Waals surface area contributed by atoms with Gasteiger partial charge >= 0.3 is 0 Å². The minimum absolute atomic E-state index is 0.0684. The van der Waals surface area contributed by atoms with Gasteiger partial charge in [0.05, 0.1) is 0 Å². The lowest BCUT2D eigenvalue weighted by molar-refractivity contribution is 0.472. The third-order valence-electron chi connectivity index (χ3n) is 2.41. The molecule has 2 nitrogen and oxygen atoms in total. The molecule has 0 aliphatic heterocycles. The van der Waals surface area contributed by atoms with E-state index in [0.29, 0.717) is 23.2 Å². The lowest BCUT2D eigenvalue weighted by atomic mass is 10.1. The molecule has 1 aromatic rings. The van der Waals surface area contributed by atoms with E-state index in [1.54, 1.807) is 12.1 Å². The SMILES string of the molecule is CNC(CNC(C)C)c1cc(Cl)ccc1F. The molecule has 16 heavy (non-hydrogen) atoms.